The number of ether oxygens (including phenoxy) is 2. The lowest BCUT2D eigenvalue weighted by atomic mass is 10.1. The van der Waals surface area contributed by atoms with Gasteiger partial charge in [-0.25, -0.2) is 4.79 Å². The standard InChI is InChI=1S/C15H15BrN2O3/c1-20-13-7-6-9(8-11(13)16)18-14-10(15(19)21-2)4-3-5-12(14)17/h3-8,18H,17H2,1-2H3. The fraction of sp³-hybridized carbons (Fsp3) is 0.133. The van der Waals surface area contributed by atoms with Gasteiger partial charge in [0.2, 0.25) is 0 Å². The van der Waals surface area contributed by atoms with E-state index in [1.807, 2.05) is 18.2 Å². The van der Waals surface area contributed by atoms with Crippen molar-refractivity contribution < 1.29 is 14.3 Å². The van der Waals surface area contributed by atoms with Crippen LogP contribution in [0.3, 0.4) is 0 Å². The van der Waals surface area contributed by atoms with Crippen LogP contribution in [0.25, 0.3) is 0 Å². The predicted octanol–water partition coefficient (Wildman–Crippen LogP) is 3.57. The van der Waals surface area contributed by atoms with Crippen LogP contribution in [0.2, 0.25) is 0 Å². The van der Waals surface area contributed by atoms with Gasteiger partial charge in [0.25, 0.3) is 0 Å². The van der Waals surface area contributed by atoms with Crippen LogP contribution in [0.5, 0.6) is 5.75 Å². The lowest BCUT2D eigenvalue weighted by molar-refractivity contribution is 0.0602. The molecule has 0 aliphatic heterocycles. The van der Waals surface area contributed by atoms with Crippen LogP contribution in [0.4, 0.5) is 17.1 Å². The van der Waals surface area contributed by atoms with Gasteiger partial charge < -0.3 is 20.5 Å². The van der Waals surface area contributed by atoms with Crippen molar-refractivity contribution in [2.24, 2.45) is 0 Å². The zero-order chi connectivity index (χ0) is 15.4. The van der Waals surface area contributed by atoms with Gasteiger partial charge in [-0.15, -0.1) is 0 Å². The van der Waals surface area contributed by atoms with Crippen LogP contribution in [0.15, 0.2) is 40.9 Å². The summed E-state index contributed by atoms with van der Waals surface area (Å²) >= 11 is 3.41. The van der Waals surface area contributed by atoms with Gasteiger partial charge in [0.05, 0.1) is 35.6 Å². The summed E-state index contributed by atoms with van der Waals surface area (Å²) in [6.07, 6.45) is 0. The monoisotopic (exact) mass is 350 g/mol. The molecule has 0 unspecified atom stereocenters. The maximum atomic E-state index is 11.8. The third kappa shape index (κ3) is 3.28. The molecule has 2 rings (SSSR count). The van der Waals surface area contributed by atoms with Gasteiger partial charge in [0.15, 0.2) is 0 Å². The van der Waals surface area contributed by atoms with Gasteiger partial charge in [-0.1, -0.05) is 6.07 Å². The number of nitrogens with two attached hydrogens (primary N) is 1. The number of nitrogen functional groups attached to an aromatic ring is 1. The van der Waals surface area contributed by atoms with Gasteiger partial charge >= 0.3 is 5.97 Å². The van der Waals surface area contributed by atoms with E-state index < -0.39 is 5.97 Å². The molecule has 0 spiro atoms. The van der Waals surface area contributed by atoms with Crippen LogP contribution >= 0.6 is 15.9 Å². The Morgan fingerprint density at radius 1 is 1.24 bits per heavy atom. The van der Waals surface area contributed by atoms with E-state index >= 15 is 0 Å². The topological polar surface area (TPSA) is 73.6 Å². The fourth-order valence-corrected chi connectivity index (χ4v) is 2.42. The van der Waals surface area contributed by atoms with Crippen LogP contribution in [-0.4, -0.2) is 20.2 Å². The van der Waals surface area contributed by atoms with Crippen molar-refractivity contribution in [1.29, 1.82) is 0 Å². The van der Waals surface area contributed by atoms with E-state index in [9.17, 15) is 4.79 Å². The number of carbonyl (C=O) groups is 1. The van der Waals surface area contributed by atoms with E-state index in [0.29, 0.717) is 16.9 Å². The Hall–Kier alpha value is -2.21. The number of benzene rings is 2. The molecule has 5 nitrogen and oxygen atoms in total. The van der Waals surface area contributed by atoms with Crippen molar-refractivity contribution in [3.05, 3.63) is 46.4 Å². The number of hydrogen-bond acceptors (Lipinski definition) is 5. The predicted molar refractivity (Wildman–Crippen MR) is 86.2 cm³/mol. The molecule has 2 aromatic carbocycles. The Morgan fingerprint density at radius 3 is 2.62 bits per heavy atom. The molecule has 0 aliphatic rings. The fourth-order valence-electron chi connectivity index (χ4n) is 1.88. The first-order chi connectivity index (χ1) is 10.1. The highest BCUT2D eigenvalue weighted by Crippen LogP contribution is 2.32. The average Bonchev–Trinajstić information content (AvgIpc) is 2.48. The molecule has 0 amide bonds. The van der Waals surface area contributed by atoms with E-state index in [2.05, 4.69) is 21.2 Å². The zero-order valence-corrected chi connectivity index (χ0v) is 13.2. The summed E-state index contributed by atoms with van der Waals surface area (Å²) in [5.41, 5.74) is 8.08. The van der Waals surface area contributed by atoms with Gasteiger partial charge in [0.1, 0.15) is 5.75 Å². The van der Waals surface area contributed by atoms with Crippen molar-refractivity contribution in [1.82, 2.24) is 0 Å². The SMILES string of the molecule is COC(=O)c1cccc(N)c1Nc1ccc(OC)c(Br)c1. The van der Waals surface area contributed by atoms with Crippen LogP contribution in [-0.2, 0) is 4.74 Å². The highest BCUT2D eigenvalue weighted by atomic mass is 79.9. The lowest BCUT2D eigenvalue weighted by Crippen LogP contribution is -2.08. The average molecular weight is 351 g/mol. The quantitative estimate of drug-likeness (QED) is 0.651. The number of nitrogens with one attached hydrogen (secondary N) is 1. The molecular weight excluding hydrogens is 336 g/mol. The summed E-state index contributed by atoms with van der Waals surface area (Å²) in [5.74, 6) is 0.271. The number of esters is 1. The van der Waals surface area contributed by atoms with E-state index in [0.717, 1.165) is 15.9 Å². The lowest BCUT2D eigenvalue weighted by Gasteiger charge is -2.14. The second-order valence-electron chi connectivity index (χ2n) is 4.24. The summed E-state index contributed by atoms with van der Waals surface area (Å²) < 4.78 is 10.7. The summed E-state index contributed by atoms with van der Waals surface area (Å²) in [5, 5.41) is 3.14. The van der Waals surface area contributed by atoms with Crippen LogP contribution in [0.1, 0.15) is 10.4 Å². The van der Waals surface area contributed by atoms with E-state index in [1.165, 1.54) is 7.11 Å². The Kier molecular flexibility index (Phi) is 4.70. The number of para-hydroxylation sites is 1. The smallest absolute Gasteiger partial charge is 0.340 e. The molecule has 3 N–H and O–H groups in total. The first-order valence-corrected chi connectivity index (χ1v) is 6.93. The molecule has 0 bridgehead atoms. The van der Waals surface area contributed by atoms with Crippen molar-refractivity contribution in [3.63, 3.8) is 0 Å². The number of methoxy groups -OCH3 is 2. The maximum Gasteiger partial charge on any atom is 0.340 e. The molecule has 0 atom stereocenters. The van der Waals surface area contributed by atoms with E-state index in [1.54, 1.807) is 25.3 Å². The number of rotatable bonds is 4. The molecule has 0 fully saturated rings. The minimum atomic E-state index is -0.447. The van der Waals surface area contributed by atoms with Crippen molar-refractivity contribution in [2.75, 3.05) is 25.3 Å². The third-order valence-corrected chi connectivity index (χ3v) is 3.54. The van der Waals surface area contributed by atoms with Gasteiger partial charge in [-0.2, -0.15) is 0 Å². The Balaban J connectivity index is 2.39. The van der Waals surface area contributed by atoms with E-state index in [-0.39, 0.29) is 0 Å². The first-order valence-electron chi connectivity index (χ1n) is 6.14. The summed E-state index contributed by atoms with van der Waals surface area (Å²) in [6.45, 7) is 0. The third-order valence-electron chi connectivity index (χ3n) is 2.92. The van der Waals surface area contributed by atoms with Crippen molar-refractivity contribution >= 4 is 39.0 Å². The van der Waals surface area contributed by atoms with Gasteiger partial charge in [-0.05, 0) is 46.3 Å². The zero-order valence-electron chi connectivity index (χ0n) is 11.6. The number of anilines is 3. The Morgan fingerprint density at radius 2 is 2.00 bits per heavy atom. The molecular formula is C15H15BrN2O3. The summed E-state index contributed by atoms with van der Waals surface area (Å²) in [7, 11) is 2.93. The molecule has 2 aromatic rings. The van der Waals surface area contributed by atoms with E-state index in [4.69, 9.17) is 15.2 Å². The Labute approximate surface area is 131 Å². The first kappa shape index (κ1) is 15.2. The summed E-state index contributed by atoms with van der Waals surface area (Å²) in [4.78, 5) is 11.8. The number of halogens is 1. The van der Waals surface area contributed by atoms with Gasteiger partial charge in [-0.3, -0.25) is 0 Å². The normalized spacial score (nSPS) is 10.0. The second-order valence-corrected chi connectivity index (χ2v) is 5.09. The van der Waals surface area contributed by atoms with Gasteiger partial charge in [0, 0.05) is 5.69 Å². The molecule has 0 saturated heterocycles. The highest BCUT2D eigenvalue weighted by Gasteiger charge is 2.14. The minimum Gasteiger partial charge on any atom is -0.496 e. The number of carbonyl (C=O) groups excluding carboxylic acids is 1. The molecule has 0 aromatic heterocycles. The molecule has 0 aliphatic carbocycles. The van der Waals surface area contributed by atoms with Crippen LogP contribution in [0, 0.1) is 0 Å². The molecule has 6 heteroatoms. The van der Waals surface area contributed by atoms with Crippen molar-refractivity contribution in [2.45, 2.75) is 0 Å². The molecule has 21 heavy (non-hydrogen) atoms. The maximum absolute atomic E-state index is 11.8. The number of hydrogen-bond donors (Lipinski definition) is 2. The summed E-state index contributed by atoms with van der Waals surface area (Å²) in [6, 6.07) is 10.6. The van der Waals surface area contributed by atoms with Crippen molar-refractivity contribution in [3.8, 4) is 5.75 Å². The molecule has 0 radical (unpaired) electrons. The molecule has 110 valence electrons. The second kappa shape index (κ2) is 6.49. The minimum absolute atomic E-state index is 0.379. The Bertz CT molecular complexity index is 674. The molecule has 0 heterocycles. The largest absolute Gasteiger partial charge is 0.496 e. The highest BCUT2D eigenvalue weighted by molar-refractivity contribution is 9.10. The van der Waals surface area contributed by atoms with Crippen LogP contribution < -0.4 is 15.8 Å². The molecule has 0 saturated carbocycles.